The van der Waals surface area contributed by atoms with Crippen LogP contribution in [0.3, 0.4) is 0 Å². The van der Waals surface area contributed by atoms with E-state index >= 15 is 0 Å². The van der Waals surface area contributed by atoms with Crippen molar-refractivity contribution in [3.8, 4) is 22.3 Å². The molecule has 0 amide bonds. The first-order valence-corrected chi connectivity index (χ1v) is 40.6. The van der Waals surface area contributed by atoms with Crippen LogP contribution < -0.4 is 0 Å². The normalized spacial score (nSPS) is 21.6. The van der Waals surface area contributed by atoms with Gasteiger partial charge in [0.2, 0.25) is 0 Å². The fourth-order valence-electron chi connectivity index (χ4n) is 12.3. The monoisotopic (exact) mass is 933 g/mol. The summed E-state index contributed by atoms with van der Waals surface area (Å²) >= 11 is -5.06. The van der Waals surface area contributed by atoms with Gasteiger partial charge in [-0.3, -0.25) is 0 Å². The molecular weight excluding hydrogens is 863 g/mol. The molecule has 2 saturated carbocycles. The Hall–Kier alpha value is -1.96. The third-order valence-electron chi connectivity index (χ3n) is 16.2. The number of rotatable bonds is 13. The van der Waals surface area contributed by atoms with Crippen molar-refractivity contribution in [3.05, 3.63) is 128 Å². The number of benzene rings is 4. The number of allylic oxidation sites excluding steroid dienone is 2. The van der Waals surface area contributed by atoms with Crippen LogP contribution in [0, 0.1) is 25.7 Å². The summed E-state index contributed by atoms with van der Waals surface area (Å²) in [6.07, 6.45) is 23.4. The molecule has 8 rings (SSSR count). The van der Waals surface area contributed by atoms with Crippen molar-refractivity contribution in [2.45, 2.75) is 164 Å². The predicted molar refractivity (Wildman–Crippen MR) is 265 cm³/mol. The van der Waals surface area contributed by atoms with E-state index in [2.05, 4.69) is 140 Å². The van der Waals surface area contributed by atoms with Crippen LogP contribution in [0.2, 0.25) is 13.1 Å². The number of fused-ring (bicyclic) bond motifs is 2. The van der Waals surface area contributed by atoms with E-state index in [9.17, 15) is 17.0 Å². The number of hydrogen-bond donors (Lipinski definition) is 0. The van der Waals surface area contributed by atoms with Crippen molar-refractivity contribution in [2.75, 3.05) is 0 Å². The van der Waals surface area contributed by atoms with E-state index < -0.39 is 21.5 Å². The molecule has 4 heteroatoms. The van der Waals surface area contributed by atoms with Gasteiger partial charge in [0, 0.05) is 0 Å². The van der Waals surface area contributed by atoms with Crippen LogP contribution in [0.4, 0.5) is 0 Å². The molecule has 0 radical (unpaired) electrons. The van der Waals surface area contributed by atoms with Crippen LogP contribution in [0.5, 0.6) is 0 Å². The minimum absolute atomic E-state index is 0.126. The zero-order valence-corrected chi connectivity index (χ0v) is 43.4. The quantitative estimate of drug-likeness (QED) is 0.117. The van der Waals surface area contributed by atoms with Gasteiger partial charge in [-0.25, -0.2) is 0 Å². The van der Waals surface area contributed by atoms with Crippen molar-refractivity contribution in [1.29, 1.82) is 0 Å². The van der Waals surface area contributed by atoms with Crippen LogP contribution in [-0.2, 0) is 15.6 Å². The second-order valence-electron chi connectivity index (χ2n) is 20.6. The van der Waals surface area contributed by atoms with Crippen molar-refractivity contribution in [2.24, 2.45) is 11.8 Å². The first kappa shape index (κ1) is 44.6. The summed E-state index contributed by atoms with van der Waals surface area (Å²) in [5.41, 5.74) is 19.8. The topological polar surface area (TPSA) is 0 Å². The molecule has 0 bridgehead atoms. The van der Waals surface area contributed by atoms with Crippen LogP contribution in [-0.4, -0.2) is 5.92 Å². The van der Waals surface area contributed by atoms with Gasteiger partial charge < -0.3 is 0 Å². The molecule has 2 fully saturated rings. The molecule has 4 atom stereocenters. The summed E-state index contributed by atoms with van der Waals surface area (Å²) in [4.78, 5) is 0. The van der Waals surface area contributed by atoms with Crippen molar-refractivity contribution in [1.82, 2.24) is 0 Å². The Morgan fingerprint density at radius 2 is 0.933 bits per heavy atom. The first-order chi connectivity index (χ1) is 28.8. The molecule has 4 unspecified atom stereocenters. The molecule has 0 spiro atoms. The number of hydrogen-bond acceptors (Lipinski definition) is 0. The number of halogens is 2. The van der Waals surface area contributed by atoms with Gasteiger partial charge in [0.15, 0.2) is 0 Å². The fourth-order valence-corrected chi connectivity index (χ4v) is 43.6. The molecule has 4 aromatic carbocycles. The standard InChI is InChI=1S/2C27H33.C2H7Si.2ClH.Zr/c2*1-4-20(3)23-10-12-24(13-11-23)26-15-19(2)14-25-17-22(18-27(25)26)16-21-8-6-5-7-9-21;1-3-2;;;/h2*10-15,17-18,20-21H,4-9,16H2,1-3H3;3H,1-2H3;2*1H;/q;;;;;+2/p-2. The molecule has 60 heavy (non-hydrogen) atoms. The molecule has 4 aromatic rings. The summed E-state index contributed by atoms with van der Waals surface area (Å²) in [7, 11) is 18.4. The van der Waals surface area contributed by atoms with E-state index in [4.69, 9.17) is 0 Å². The van der Waals surface area contributed by atoms with Crippen LogP contribution in [0.1, 0.15) is 181 Å². The minimum atomic E-state index is -5.06. The fraction of sp³-hybridized carbons (Fsp3) is 0.500. The zero-order chi connectivity index (χ0) is 42.4. The second-order valence-corrected chi connectivity index (χ2v) is 63.1. The van der Waals surface area contributed by atoms with Crippen molar-refractivity contribution >= 4 is 35.1 Å². The van der Waals surface area contributed by atoms with Gasteiger partial charge in [0.1, 0.15) is 0 Å². The molecular formula is C56H73Cl2SiZr. The average Bonchev–Trinajstić information content (AvgIpc) is 3.82. The Morgan fingerprint density at radius 1 is 0.567 bits per heavy atom. The summed E-state index contributed by atoms with van der Waals surface area (Å²) in [6.45, 7) is 19.0. The van der Waals surface area contributed by atoms with E-state index in [0.29, 0.717) is 23.7 Å². The molecule has 0 aromatic heterocycles. The maximum absolute atomic E-state index is 9.22. The summed E-state index contributed by atoms with van der Waals surface area (Å²) in [5.74, 6) is 0.818. The van der Waals surface area contributed by atoms with Gasteiger partial charge >= 0.3 is 377 Å². The van der Waals surface area contributed by atoms with Crippen LogP contribution in [0.25, 0.3) is 34.4 Å². The summed E-state index contributed by atoms with van der Waals surface area (Å²) in [5, 5.41) is 0. The molecule has 0 heterocycles. The SMILES string of the molecule is CCC(C)c1ccc(-c2cc(C)cc3c2C=C(CC2CCCCC2)[CH]3[Zr]([Cl])([Cl])([CH]2C(CC3CCCCC3)=Cc3c(-c4ccc(C(C)CC)cc4)cc(C)cc32)[SiH](C)C)cc1. The van der Waals surface area contributed by atoms with Gasteiger partial charge in [-0.05, 0) is 0 Å². The molecule has 4 aliphatic carbocycles. The van der Waals surface area contributed by atoms with Crippen molar-refractivity contribution in [3.63, 3.8) is 0 Å². The van der Waals surface area contributed by atoms with Crippen LogP contribution in [0.15, 0.2) is 83.9 Å². The third kappa shape index (κ3) is 8.41. The number of aryl methyl sites for hydroxylation is 2. The van der Waals surface area contributed by atoms with E-state index in [0.717, 1.165) is 25.7 Å². The summed E-state index contributed by atoms with van der Waals surface area (Å²) in [6, 6.07) is 29.1. The third-order valence-corrected chi connectivity index (χ3v) is 68.1. The molecule has 319 valence electrons. The Bertz CT molecular complexity index is 2080. The van der Waals surface area contributed by atoms with Gasteiger partial charge in [0.25, 0.3) is 0 Å². The molecule has 4 aliphatic rings. The Morgan fingerprint density at radius 3 is 1.27 bits per heavy atom. The molecule has 0 nitrogen and oxygen atoms in total. The second kappa shape index (κ2) is 18.3. The van der Waals surface area contributed by atoms with E-state index in [-0.39, 0.29) is 7.25 Å². The van der Waals surface area contributed by atoms with Gasteiger partial charge in [-0.15, -0.1) is 0 Å². The van der Waals surface area contributed by atoms with Gasteiger partial charge in [-0.2, -0.15) is 0 Å². The first-order valence-electron chi connectivity index (χ1n) is 24.3. The van der Waals surface area contributed by atoms with E-state index in [1.807, 2.05) is 0 Å². The Labute approximate surface area is 373 Å². The van der Waals surface area contributed by atoms with Gasteiger partial charge in [0.05, 0.1) is 0 Å². The molecule has 0 aliphatic heterocycles. The zero-order valence-electron chi connectivity index (χ0n) is 38.3. The summed E-state index contributed by atoms with van der Waals surface area (Å²) < 4.78 is 0.252. The van der Waals surface area contributed by atoms with E-state index in [1.165, 1.54) is 131 Å². The average molecular weight is 936 g/mol. The van der Waals surface area contributed by atoms with Crippen molar-refractivity contribution < 1.29 is 15.6 Å². The van der Waals surface area contributed by atoms with E-state index in [1.54, 1.807) is 11.1 Å². The molecule has 0 saturated heterocycles. The molecule has 0 N–H and O–H groups in total. The Balaban J connectivity index is 1.33. The predicted octanol–water partition coefficient (Wildman–Crippen LogP) is 18.2. The van der Waals surface area contributed by atoms with Crippen LogP contribution >= 0.6 is 17.0 Å². The maximum atomic E-state index is 9.22. The van der Waals surface area contributed by atoms with Gasteiger partial charge in [-0.1, -0.05) is 0 Å². The Kier molecular flexibility index (Phi) is 13.6.